The van der Waals surface area contributed by atoms with Crippen molar-refractivity contribution in [2.45, 2.75) is 0 Å². The van der Waals surface area contributed by atoms with Gasteiger partial charge in [-0.2, -0.15) is 0 Å². The molecule has 50 heavy (non-hydrogen) atoms. The van der Waals surface area contributed by atoms with E-state index in [1.165, 1.54) is 0 Å². The van der Waals surface area contributed by atoms with Crippen LogP contribution in [0.4, 0.5) is 0 Å². The van der Waals surface area contributed by atoms with Crippen molar-refractivity contribution in [2.75, 3.05) is 0 Å². The summed E-state index contributed by atoms with van der Waals surface area (Å²) in [4.78, 5) is 14.9. The number of hydrogen-bond donors (Lipinski definition) is 0. The van der Waals surface area contributed by atoms with E-state index in [4.69, 9.17) is 17.7 Å². The average molecular weight is 680 g/mol. The molecule has 0 saturated heterocycles. The van der Waals surface area contributed by atoms with Gasteiger partial charge >= 0.3 is 0 Å². The van der Waals surface area contributed by atoms with E-state index in [1.54, 1.807) is 23.5 Å². The normalized spacial score (nSPS) is 13.3. The first kappa shape index (κ1) is 23.4. The van der Waals surface area contributed by atoms with Gasteiger partial charge < -0.3 is 0 Å². The number of benzene rings is 7. The van der Waals surface area contributed by atoms with Crippen LogP contribution >= 0.6 is 22.7 Å². The van der Waals surface area contributed by atoms with Crippen molar-refractivity contribution in [3.63, 3.8) is 0 Å². The van der Waals surface area contributed by atoms with Crippen LogP contribution < -0.4 is 0 Å². The fourth-order valence-corrected chi connectivity index (χ4v) is 8.54. The Morgan fingerprint density at radius 3 is 1.78 bits per heavy atom. The minimum absolute atomic E-state index is 0.00128. The number of thiophene rings is 2. The van der Waals surface area contributed by atoms with E-state index in [9.17, 15) is 5.48 Å². The van der Waals surface area contributed by atoms with Gasteiger partial charge in [0.25, 0.3) is 0 Å². The van der Waals surface area contributed by atoms with E-state index in [0.717, 1.165) is 53.8 Å². The van der Waals surface area contributed by atoms with E-state index in [1.807, 2.05) is 84.9 Å². The smallest absolute Gasteiger partial charge is 0.165 e. The monoisotopic (exact) mass is 679 g/mol. The quantitative estimate of drug-likeness (QED) is 0.182. The zero-order valence-corrected chi connectivity index (χ0v) is 27.9. The van der Waals surface area contributed by atoms with Crippen LogP contribution in [0.2, 0.25) is 0 Å². The molecule has 10 rings (SSSR count). The SMILES string of the molecule is [2H]c1c(-c2ccccc2)c([2H])c2c(sc3c([2H])c(-c4nc(-c5ccc(-c6ccccc6)cc5)nc(-c5cccc6c5sc5ccccc56)n4)c([2H])c([2H])c32)c1[2H]. The minimum atomic E-state index is -0.257. The van der Waals surface area contributed by atoms with Crippen molar-refractivity contribution in [1.29, 1.82) is 0 Å². The molecular formula is C45H27N3S2. The van der Waals surface area contributed by atoms with Crippen LogP contribution in [0.15, 0.2) is 164 Å². The van der Waals surface area contributed by atoms with Crippen LogP contribution in [-0.2, 0) is 0 Å². The maximum atomic E-state index is 9.58. The van der Waals surface area contributed by atoms with Crippen LogP contribution in [-0.4, -0.2) is 15.0 Å². The molecule has 0 aliphatic heterocycles. The molecule has 0 radical (unpaired) electrons. The van der Waals surface area contributed by atoms with Crippen molar-refractivity contribution in [3.8, 4) is 56.4 Å². The highest BCUT2D eigenvalue weighted by Gasteiger charge is 2.18. The molecule has 0 amide bonds. The first-order valence-electron chi connectivity index (χ1n) is 19.1. The van der Waals surface area contributed by atoms with Gasteiger partial charge in [-0.05, 0) is 52.5 Å². The Labute approximate surface area is 305 Å². The van der Waals surface area contributed by atoms with Crippen molar-refractivity contribution < 1.29 is 8.22 Å². The Morgan fingerprint density at radius 2 is 0.980 bits per heavy atom. The molecule has 10 aromatic rings. The molecule has 0 aliphatic carbocycles. The highest BCUT2D eigenvalue weighted by Crippen LogP contribution is 2.41. The molecule has 0 atom stereocenters. The van der Waals surface area contributed by atoms with Gasteiger partial charge in [0.05, 0.1) is 8.22 Å². The Morgan fingerprint density at radius 1 is 0.360 bits per heavy atom. The fraction of sp³-hybridized carbons (Fsp3) is 0. The van der Waals surface area contributed by atoms with Gasteiger partial charge in [0, 0.05) is 57.0 Å². The predicted octanol–water partition coefficient (Wildman–Crippen LogP) is 12.9. The van der Waals surface area contributed by atoms with Crippen LogP contribution in [0.5, 0.6) is 0 Å². The standard InChI is InChI=1S/C45H27N3S2/c1-3-10-28(11-4-1)30-18-20-31(21-19-30)43-46-44(48-45(47-43)37-16-9-15-36-34-14-7-8-17-39(34)50-42(36)37)33-22-24-35-38-26-32(29-12-5-2-6-13-29)23-25-40(38)49-41(35)27-33/h1-27H/i22D,23D,24D,25D,26D,27D. The molecular weight excluding hydrogens is 647 g/mol. The summed E-state index contributed by atoms with van der Waals surface area (Å²) in [5.74, 6) is 0.823. The lowest BCUT2D eigenvalue weighted by atomic mass is 10.0. The van der Waals surface area contributed by atoms with E-state index in [-0.39, 0.29) is 58.6 Å². The molecule has 0 fully saturated rings. The van der Waals surface area contributed by atoms with Crippen LogP contribution in [0.3, 0.4) is 0 Å². The molecule has 5 heteroatoms. The maximum absolute atomic E-state index is 9.58. The molecule has 0 aliphatic rings. The third-order valence-corrected chi connectivity index (χ3v) is 11.1. The summed E-state index contributed by atoms with van der Waals surface area (Å²) >= 11 is 2.74. The number of hydrogen-bond acceptors (Lipinski definition) is 5. The number of nitrogens with zero attached hydrogens (tertiary/aromatic N) is 3. The zero-order chi connectivity index (χ0) is 38.2. The van der Waals surface area contributed by atoms with E-state index in [0.29, 0.717) is 32.0 Å². The van der Waals surface area contributed by atoms with Gasteiger partial charge in [-0.15, -0.1) is 22.7 Å². The van der Waals surface area contributed by atoms with Crippen LogP contribution in [0.25, 0.3) is 96.8 Å². The van der Waals surface area contributed by atoms with Crippen molar-refractivity contribution >= 4 is 63.0 Å². The summed E-state index contributed by atoms with van der Waals surface area (Å²) < 4.78 is 58.2. The second-order valence-electron chi connectivity index (χ2n) is 11.9. The maximum Gasteiger partial charge on any atom is 0.165 e. The Balaban J connectivity index is 1.23. The number of rotatable bonds is 5. The second kappa shape index (κ2) is 11.8. The Kier molecular flexibility index (Phi) is 5.54. The van der Waals surface area contributed by atoms with Gasteiger partial charge in [0.15, 0.2) is 17.5 Å². The second-order valence-corrected chi connectivity index (χ2v) is 14.0. The van der Waals surface area contributed by atoms with Crippen LogP contribution in [0.1, 0.15) is 8.22 Å². The Bertz CT molecular complexity index is 3200. The fourth-order valence-electron chi connectivity index (χ4n) is 6.35. The molecule has 0 spiro atoms. The average Bonchev–Trinajstić information content (AvgIpc) is 3.83. The third-order valence-electron chi connectivity index (χ3n) is 8.83. The predicted molar refractivity (Wildman–Crippen MR) is 213 cm³/mol. The molecule has 7 aromatic carbocycles. The molecule has 0 N–H and O–H groups in total. The lowest BCUT2D eigenvalue weighted by molar-refractivity contribution is 1.08. The van der Waals surface area contributed by atoms with E-state index < -0.39 is 0 Å². The first-order chi connectivity index (χ1) is 27.3. The third kappa shape index (κ3) is 4.98. The lowest BCUT2D eigenvalue weighted by Gasteiger charge is -2.10. The van der Waals surface area contributed by atoms with Gasteiger partial charge in [0.2, 0.25) is 0 Å². The van der Waals surface area contributed by atoms with Gasteiger partial charge in [-0.25, -0.2) is 15.0 Å². The molecule has 234 valence electrons. The lowest BCUT2D eigenvalue weighted by Crippen LogP contribution is -2.00. The summed E-state index contributed by atoms with van der Waals surface area (Å²) in [5.41, 5.74) is 4.58. The van der Waals surface area contributed by atoms with Gasteiger partial charge in [-0.3, -0.25) is 0 Å². The van der Waals surface area contributed by atoms with Crippen molar-refractivity contribution in [2.24, 2.45) is 0 Å². The summed E-state index contributed by atoms with van der Waals surface area (Å²) in [6, 6.07) is 40.6. The molecule has 0 unspecified atom stereocenters. The van der Waals surface area contributed by atoms with E-state index >= 15 is 0 Å². The first-order valence-corrected chi connectivity index (χ1v) is 17.8. The number of fused-ring (bicyclic) bond motifs is 6. The van der Waals surface area contributed by atoms with Crippen molar-refractivity contribution in [3.05, 3.63) is 164 Å². The molecule has 3 heterocycles. The van der Waals surface area contributed by atoms with Crippen LogP contribution in [0, 0.1) is 0 Å². The largest absolute Gasteiger partial charge is 0.208 e. The molecule has 0 bridgehead atoms. The topological polar surface area (TPSA) is 38.7 Å². The van der Waals surface area contributed by atoms with Gasteiger partial charge in [-0.1, -0.05) is 133 Å². The number of aromatic nitrogens is 3. The summed E-state index contributed by atoms with van der Waals surface area (Å²) in [6.07, 6.45) is 0. The van der Waals surface area contributed by atoms with Gasteiger partial charge in [0.1, 0.15) is 0 Å². The summed E-state index contributed by atoms with van der Waals surface area (Å²) in [6.45, 7) is 0. The highest BCUT2D eigenvalue weighted by molar-refractivity contribution is 7.26. The zero-order valence-electron chi connectivity index (χ0n) is 32.3. The molecule has 3 aromatic heterocycles. The minimum Gasteiger partial charge on any atom is -0.208 e. The summed E-state index contributed by atoms with van der Waals surface area (Å²) in [7, 11) is 0. The molecule has 0 saturated carbocycles. The summed E-state index contributed by atoms with van der Waals surface area (Å²) in [5, 5.41) is 2.75. The van der Waals surface area contributed by atoms with E-state index in [2.05, 4.69) is 30.3 Å². The highest BCUT2D eigenvalue weighted by atomic mass is 32.1. The Hall–Kier alpha value is -6.01. The molecule has 3 nitrogen and oxygen atoms in total. The van der Waals surface area contributed by atoms with Crippen molar-refractivity contribution in [1.82, 2.24) is 15.0 Å².